The van der Waals surface area contributed by atoms with Gasteiger partial charge in [0.2, 0.25) is 29.5 Å². The van der Waals surface area contributed by atoms with Crippen molar-refractivity contribution in [1.29, 1.82) is 0 Å². The van der Waals surface area contributed by atoms with Crippen LogP contribution in [0.4, 0.5) is 0 Å². The molecule has 3 saturated heterocycles. The quantitative estimate of drug-likeness (QED) is 0.432. The lowest BCUT2D eigenvalue weighted by Crippen LogP contribution is -2.40. The van der Waals surface area contributed by atoms with E-state index in [1.54, 1.807) is 14.7 Å². The zero-order valence-corrected chi connectivity index (χ0v) is 19.8. The Labute approximate surface area is 195 Å². The Kier molecular flexibility index (Phi) is 8.68. The molecule has 10 nitrogen and oxygen atoms in total. The number of amides is 5. The van der Waals surface area contributed by atoms with Crippen LogP contribution in [0.15, 0.2) is 0 Å². The van der Waals surface area contributed by atoms with Crippen LogP contribution in [0.2, 0.25) is 0 Å². The third-order valence-corrected chi connectivity index (χ3v) is 6.72. The summed E-state index contributed by atoms with van der Waals surface area (Å²) in [5, 5.41) is 5.68. The average molecular weight is 464 g/mol. The molecule has 3 atom stereocenters. The second-order valence-electron chi connectivity index (χ2n) is 9.57. The van der Waals surface area contributed by atoms with E-state index in [-0.39, 0.29) is 48.3 Å². The van der Waals surface area contributed by atoms with Gasteiger partial charge in [0.05, 0.1) is 11.8 Å². The Morgan fingerprint density at radius 1 is 0.758 bits per heavy atom. The summed E-state index contributed by atoms with van der Waals surface area (Å²) >= 11 is 0. The van der Waals surface area contributed by atoms with Gasteiger partial charge in [0, 0.05) is 71.6 Å². The first-order valence-corrected chi connectivity index (χ1v) is 12.2. The van der Waals surface area contributed by atoms with Crippen LogP contribution in [0.5, 0.6) is 0 Å². The Hall–Kier alpha value is -2.65. The maximum atomic E-state index is 12.4. The van der Waals surface area contributed by atoms with Crippen molar-refractivity contribution < 1.29 is 24.0 Å². The summed E-state index contributed by atoms with van der Waals surface area (Å²) in [6.07, 6.45) is 2.89. The molecule has 5 amide bonds. The van der Waals surface area contributed by atoms with E-state index in [9.17, 15) is 24.0 Å². The summed E-state index contributed by atoms with van der Waals surface area (Å²) in [4.78, 5) is 66.1. The predicted molar refractivity (Wildman–Crippen MR) is 121 cm³/mol. The highest BCUT2D eigenvalue weighted by Gasteiger charge is 2.36. The van der Waals surface area contributed by atoms with E-state index in [0.29, 0.717) is 58.2 Å². The molecule has 0 aromatic rings. The first-order valence-electron chi connectivity index (χ1n) is 12.2. The monoisotopic (exact) mass is 463 g/mol. The number of hydrogen-bond acceptors (Lipinski definition) is 5. The molecule has 0 aromatic carbocycles. The van der Waals surface area contributed by atoms with E-state index < -0.39 is 5.92 Å². The van der Waals surface area contributed by atoms with Crippen molar-refractivity contribution >= 4 is 29.5 Å². The minimum Gasteiger partial charge on any atom is -0.354 e. The summed E-state index contributed by atoms with van der Waals surface area (Å²) in [5.74, 6) is -0.695. The molecule has 0 bridgehead atoms. The van der Waals surface area contributed by atoms with Gasteiger partial charge < -0.3 is 25.3 Å². The largest absolute Gasteiger partial charge is 0.354 e. The molecule has 10 heteroatoms. The van der Waals surface area contributed by atoms with E-state index in [4.69, 9.17) is 0 Å². The second kappa shape index (κ2) is 11.5. The number of rotatable bonds is 11. The number of nitrogens with zero attached hydrogens (tertiary/aromatic N) is 3. The summed E-state index contributed by atoms with van der Waals surface area (Å²) < 4.78 is 0. The normalized spacial score (nSPS) is 25.3. The zero-order valence-electron chi connectivity index (χ0n) is 19.8. The molecule has 3 fully saturated rings. The van der Waals surface area contributed by atoms with E-state index in [1.165, 1.54) is 0 Å². The molecule has 184 valence electrons. The molecule has 3 rings (SSSR count). The van der Waals surface area contributed by atoms with E-state index in [2.05, 4.69) is 17.6 Å². The van der Waals surface area contributed by atoms with Crippen LogP contribution in [-0.2, 0) is 24.0 Å². The summed E-state index contributed by atoms with van der Waals surface area (Å²) in [7, 11) is 0. The van der Waals surface area contributed by atoms with E-state index in [0.717, 1.165) is 19.4 Å². The number of hydrogen-bond donors (Lipinski definition) is 2. The summed E-state index contributed by atoms with van der Waals surface area (Å²) in [6.45, 7) is 7.81. The molecule has 33 heavy (non-hydrogen) atoms. The Morgan fingerprint density at radius 3 is 1.67 bits per heavy atom. The van der Waals surface area contributed by atoms with Crippen molar-refractivity contribution in [2.24, 2.45) is 17.8 Å². The number of carbonyl (C=O) groups excluding carboxylic acids is 5. The maximum Gasteiger partial charge on any atom is 0.225 e. The minimum absolute atomic E-state index is 0.0239. The van der Waals surface area contributed by atoms with Crippen LogP contribution in [0, 0.1) is 17.8 Å². The molecule has 2 N–H and O–H groups in total. The third-order valence-electron chi connectivity index (χ3n) is 6.72. The highest BCUT2D eigenvalue weighted by atomic mass is 16.2. The first-order chi connectivity index (χ1) is 15.8. The van der Waals surface area contributed by atoms with E-state index in [1.807, 2.05) is 6.92 Å². The number of likely N-dealkylation sites (tertiary alicyclic amines) is 3. The zero-order chi connectivity index (χ0) is 24.0. The molecule has 0 aliphatic carbocycles. The highest BCUT2D eigenvalue weighted by molar-refractivity contribution is 5.90. The summed E-state index contributed by atoms with van der Waals surface area (Å²) in [5.41, 5.74) is 0. The van der Waals surface area contributed by atoms with Gasteiger partial charge >= 0.3 is 0 Å². The van der Waals surface area contributed by atoms with Gasteiger partial charge in [0.25, 0.3) is 0 Å². The number of unbranched alkanes of at least 4 members (excludes halogenated alkanes) is 1. The smallest absolute Gasteiger partial charge is 0.225 e. The number of carbonyl (C=O) groups is 5. The van der Waals surface area contributed by atoms with Crippen molar-refractivity contribution in [3.63, 3.8) is 0 Å². The van der Waals surface area contributed by atoms with Crippen LogP contribution >= 0.6 is 0 Å². The fraction of sp³-hybridized carbons (Fsp3) is 0.783. The molecular formula is C23H37N5O5. The topological polar surface area (TPSA) is 119 Å². The molecule has 3 aliphatic rings. The van der Waals surface area contributed by atoms with Gasteiger partial charge in [-0.3, -0.25) is 24.0 Å². The molecule has 0 spiro atoms. The van der Waals surface area contributed by atoms with Gasteiger partial charge in [-0.15, -0.1) is 0 Å². The standard InChI is InChI=1S/C23H37N5O5/c1-3-4-7-26-14-17(11-20(26)30)22(32)25-6-9-28-15-18(12-21(28)31)23(33)24-5-8-27-13-16(2)10-19(27)29/h16-18H,3-15H2,1-2H3,(H,24,33)(H,25,32). The summed E-state index contributed by atoms with van der Waals surface area (Å²) in [6, 6.07) is 0. The SMILES string of the molecule is CCCCN1CC(C(=O)NCCN2CC(C(=O)NCCN3CC(C)CC3=O)CC2=O)CC1=O. The van der Waals surface area contributed by atoms with Gasteiger partial charge in [-0.05, 0) is 12.3 Å². The van der Waals surface area contributed by atoms with Gasteiger partial charge in [0.1, 0.15) is 0 Å². The van der Waals surface area contributed by atoms with Gasteiger partial charge in [0.15, 0.2) is 0 Å². The fourth-order valence-corrected chi connectivity index (χ4v) is 4.78. The van der Waals surface area contributed by atoms with Crippen molar-refractivity contribution in [1.82, 2.24) is 25.3 Å². The average Bonchev–Trinajstić information content (AvgIpc) is 3.43. The van der Waals surface area contributed by atoms with Crippen LogP contribution < -0.4 is 10.6 Å². The van der Waals surface area contributed by atoms with Crippen LogP contribution in [0.25, 0.3) is 0 Å². The molecule has 0 radical (unpaired) electrons. The Bertz CT molecular complexity index is 772. The highest BCUT2D eigenvalue weighted by Crippen LogP contribution is 2.20. The number of nitrogens with one attached hydrogen (secondary N) is 2. The predicted octanol–water partition coefficient (Wildman–Crippen LogP) is -0.416. The van der Waals surface area contributed by atoms with Crippen LogP contribution in [0.3, 0.4) is 0 Å². The van der Waals surface area contributed by atoms with Gasteiger partial charge in [-0.25, -0.2) is 0 Å². The lowest BCUT2D eigenvalue weighted by molar-refractivity contribution is -0.129. The third kappa shape index (κ3) is 6.68. The molecule has 0 saturated carbocycles. The maximum absolute atomic E-state index is 12.4. The lowest BCUT2D eigenvalue weighted by atomic mass is 10.1. The lowest BCUT2D eigenvalue weighted by Gasteiger charge is -2.19. The minimum atomic E-state index is -0.416. The Morgan fingerprint density at radius 2 is 1.21 bits per heavy atom. The second-order valence-corrected chi connectivity index (χ2v) is 9.57. The molecule has 3 aliphatic heterocycles. The van der Waals surface area contributed by atoms with Crippen molar-refractivity contribution in [2.45, 2.75) is 46.0 Å². The molecule has 3 heterocycles. The Balaban J connectivity index is 1.33. The molecule has 0 aromatic heterocycles. The first kappa shape index (κ1) is 25.0. The molecule has 3 unspecified atom stereocenters. The van der Waals surface area contributed by atoms with Gasteiger partial charge in [-0.1, -0.05) is 20.3 Å². The molecular weight excluding hydrogens is 426 g/mol. The van der Waals surface area contributed by atoms with Crippen LogP contribution in [-0.4, -0.2) is 96.6 Å². The van der Waals surface area contributed by atoms with Crippen LogP contribution in [0.1, 0.15) is 46.0 Å². The van der Waals surface area contributed by atoms with Crippen molar-refractivity contribution in [2.75, 3.05) is 52.4 Å². The van der Waals surface area contributed by atoms with Gasteiger partial charge in [-0.2, -0.15) is 0 Å². The van der Waals surface area contributed by atoms with Crippen molar-refractivity contribution in [3.05, 3.63) is 0 Å². The van der Waals surface area contributed by atoms with Crippen molar-refractivity contribution in [3.8, 4) is 0 Å². The van der Waals surface area contributed by atoms with E-state index >= 15 is 0 Å². The fourth-order valence-electron chi connectivity index (χ4n) is 4.78.